The number of hydrogen-bond acceptors (Lipinski definition) is 3. The largest absolute Gasteiger partial charge is 0.327 e. The Hall–Kier alpha value is -2.14. The minimum Gasteiger partial charge on any atom is -0.327 e. The number of H-pyrrole nitrogens is 1. The van der Waals surface area contributed by atoms with Gasteiger partial charge in [0.05, 0.1) is 23.3 Å². The molecule has 0 aliphatic carbocycles. The van der Waals surface area contributed by atoms with Crippen molar-refractivity contribution in [3.05, 3.63) is 36.4 Å². The van der Waals surface area contributed by atoms with Crippen LogP contribution >= 0.6 is 0 Å². The number of hydrogen-bond donors (Lipinski definition) is 2. The Morgan fingerprint density at radius 2 is 2.09 bits per heavy atom. The van der Waals surface area contributed by atoms with E-state index in [2.05, 4.69) is 53.7 Å². The molecule has 2 aromatic heterocycles. The highest BCUT2D eigenvalue weighted by molar-refractivity contribution is 5.82. The lowest BCUT2D eigenvalue weighted by molar-refractivity contribution is 0.479. The van der Waals surface area contributed by atoms with Crippen LogP contribution in [0.1, 0.15) is 39.1 Å². The molecule has 3 aromatic rings. The summed E-state index contributed by atoms with van der Waals surface area (Å²) in [5.41, 5.74) is 10.7. The van der Waals surface area contributed by atoms with Crippen molar-refractivity contribution >= 4 is 11.0 Å². The van der Waals surface area contributed by atoms with Crippen molar-refractivity contribution in [3.63, 3.8) is 0 Å². The zero-order chi connectivity index (χ0) is 15.7. The smallest absolute Gasteiger partial charge is 0.126 e. The highest BCUT2D eigenvalue weighted by Crippen LogP contribution is 2.27. The SMILES string of the molecule is CCn1c([C@H](N)CC(C)C)nc2ccc(-c3cn[nH]c3)cc21. The van der Waals surface area contributed by atoms with Gasteiger partial charge in [-0.05, 0) is 37.0 Å². The lowest BCUT2D eigenvalue weighted by Crippen LogP contribution is -2.18. The Labute approximate surface area is 130 Å². The van der Waals surface area contributed by atoms with Gasteiger partial charge in [-0.1, -0.05) is 19.9 Å². The summed E-state index contributed by atoms with van der Waals surface area (Å²) >= 11 is 0. The summed E-state index contributed by atoms with van der Waals surface area (Å²) in [5, 5.41) is 6.88. The van der Waals surface area contributed by atoms with E-state index >= 15 is 0 Å². The summed E-state index contributed by atoms with van der Waals surface area (Å²) in [6.07, 6.45) is 4.68. The fourth-order valence-corrected chi connectivity index (χ4v) is 2.96. The summed E-state index contributed by atoms with van der Waals surface area (Å²) in [6, 6.07) is 6.29. The summed E-state index contributed by atoms with van der Waals surface area (Å²) in [4.78, 5) is 4.77. The van der Waals surface area contributed by atoms with E-state index in [1.165, 1.54) is 0 Å². The predicted octanol–water partition coefficient (Wildman–Crippen LogP) is 3.49. The minimum absolute atomic E-state index is 0.0234. The highest BCUT2D eigenvalue weighted by atomic mass is 15.1. The second kappa shape index (κ2) is 5.93. The van der Waals surface area contributed by atoms with Crippen molar-refractivity contribution in [2.45, 2.75) is 39.8 Å². The number of aromatic nitrogens is 4. The first-order valence-corrected chi connectivity index (χ1v) is 7.85. The Morgan fingerprint density at radius 1 is 1.27 bits per heavy atom. The Kier molecular flexibility index (Phi) is 3.98. The molecule has 0 unspecified atom stereocenters. The van der Waals surface area contributed by atoms with Crippen LogP contribution in [0.5, 0.6) is 0 Å². The van der Waals surface area contributed by atoms with Gasteiger partial charge in [0.25, 0.3) is 0 Å². The number of nitrogens with two attached hydrogens (primary N) is 1. The summed E-state index contributed by atoms with van der Waals surface area (Å²) in [5.74, 6) is 1.54. The molecule has 116 valence electrons. The predicted molar refractivity (Wildman–Crippen MR) is 89.4 cm³/mol. The van der Waals surface area contributed by atoms with Crippen molar-refractivity contribution < 1.29 is 0 Å². The normalized spacial score (nSPS) is 13.1. The molecule has 3 N–H and O–H groups in total. The Bertz CT molecular complexity index is 755. The van der Waals surface area contributed by atoms with Crippen molar-refractivity contribution in [3.8, 4) is 11.1 Å². The van der Waals surface area contributed by atoms with Gasteiger partial charge in [-0.15, -0.1) is 0 Å². The van der Waals surface area contributed by atoms with E-state index in [1.54, 1.807) is 0 Å². The first-order valence-electron chi connectivity index (χ1n) is 7.85. The van der Waals surface area contributed by atoms with Crippen molar-refractivity contribution in [2.75, 3.05) is 0 Å². The van der Waals surface area contributed by atoms with Crippen LogP contribution in [-0.4, -0.2) is 19.7 Å². The summed E-state index contributed by atoms with van der Waals surface area (Å²) in [7, 11) is 0. The quantitative estimate of drug-likeness (QED) is 0.757. The van der Waals surface area contributed by atoms with Crippen LogP contribution in [0.3, 0.4) is 0 Å². The highest BCUT2D eigenvalue weighted by Gasteiger charge is 2.17. The van der Waals surface area contributed by atoms with E-state index in [0.29, 0.717) is 5.92 Å². The van der Waals surface area contributed by atoms with Crippen LogP contribution in [0.25, 0.3) is 22.2 Å². The molecule has 5 heteroatoms. The zero-order valence-corrected chi connectivity index (χ0v) is 13.4. The van der Waals surface area contributed by atoms with E-state index in [0.717, 1.165) is 41.0 Å². The molecule has 0 fully saturated rings. The standard InChI is InChI=1S/C17H23N5/c1-4-22-16-8-12(13-9-19-20-10-13)5-6-15(16)21-17(22)14(18)7-11(2)3/h5-6,8-11,14H,4,7,18H2,1-3H3,(H,19,20)/t14-/m1/s1. The van der Waals surface area contributed by atoms with Gasteiger partial charge in [-0.3, -0.25) is 5.10 Å². The number of nitrogens with one attached hydrogen (secondary N) is 1. The summed E-state index contributed by atoms with van der Waals surface area (Å²) in [6.45, 7) is 7.38. The summed E-state index contributed by atoms with van der Waals surface area (Å²) < 4.78 is 2.23. The molecule has 0 aliphatic rings. The van der Waals surface area contributed by atoms with E-state index in [4.69, 9.17) is 10.7 Å². The average molecular weight is 297 g/mol. The first-order chi connectivity index (χ1) is 10.6. The third kappa shape index (κ3) is 2.64. The van der Waals surface area contributed by atoms with Crippen molar-refractivity contribution in [2.24, 2.45) is 11.7 Å². The maximum atomic E-state index is 6.37. The molecule has 0 saturated heterocycles. The lowest BCUT2D eigenvalue weighted by atomic mass is 10.0. The fourth-order valence-electron chi connectivity index (χ4n) is 2.96. The number of rotatable bonds is 5. The van der Waals surface area contributed by atoms with Crippen LogP contribution < -0.4 is 5.73 Å². The van der Waals surface area contributed by atoms with E-state index in [9.17, 15) is 0 Å². The maximum absolute atomic E-state index is 6.37. The molecule has 22 heavy (non-hydrogen) atoms. The van der Waals surface area contributed by atoms with Gasteiger partial charge in [-0.2, -0.15) is 5.10 Å². The van der Waals surface area contributed by atoms with E-state index in [-0.39, 0.29) is 6.04 Å². The molecular formula is C17H23N5. The third-order valence-corrected chi connectivity index (χ3v) is 3.98. The first kappa shape index (κ1) is 14.8. The molecule has 1 aromatic carbocycles. The Morgan fingerprint density at radius 3 is 2.73 bits per heavy atom. The third-order valence-electron chi connectivity index (χ3n) is 3.98. The molecule has 3 rings (SSSR count). The number of aromatic amines is 1. The molecular weight excluding hydrogens is 274 g/mol. The van der Waals surface area contributed by atoms with Gasteiger partial charge in [0, 0.05) is 18.3 Å². The minimum atomic E-state index is -0.0234. The molecule has 0 spiro atoms. The number of aryl methyl sites for hydroxylation is 1. The number of nitrogens with zero attached hydrogens (tertiary/aromatic N) is 3. The molecule has 0 amide bonds. The zero-order valence-electron chi connectivity index (χ0n) is 13.4. The molecule has 5 nitrogen and oxygen atoms in total. The topological polar surface area (TPSA) is 72.5 Å². The molecule has 0 aliphatic heterocycles. The number of imidazole rings is 1. The molecule has 0 saturated carbocycles. The van der Waals surface area contributed by atoms with Crippen LogP contribution in [-0.2, 0) is 6.54 Å². The number of fused-ring (bicyclic) bond motifs is 1. The lowest BCUT2D eigenvalue weighted by Gasteiger charge is -2.15. The monoisotopic (exact) mass is 297 g/mol. The van der Waals surface area contributed by atoms with E-state index < -0.39 is 0 Å². The molecule has 0 bridgehead atoms. The van der Waals surface area contributed by atoms with Crippen molar-refractivity contribution in [1.29, 1.82) is 0 Å². The van der Waals surface area contributed by atoms with Gasteiger partial charge >= 0.3 is 0 Å². The van der Waals surface area contributed by atoms with Gasteiger partial charge in [0.15, 0.2) is 0 Å². The van der Waals surface area contributed by atoms with Crippen LogP contribution in [0, 0.1) is 5.92 Å². The maximum Gasteiger partial charge on any atom is 0.126 e. The molecule has 1 atom stereocenters. The molecule has 0 radical (unpaired) electrons. The fraction of sp³-hybridized carbons (Fsp3) is 0.412. The van der Waals surface area contributed by atoms with Crippen LogP contribution in [0.2, 0.25) is 0 Å². The van der Waals surface area contributed by atoms with Gasteiger partial charge in [-0.25, -0.2) is 4.98 Å². The number of benzene rings is 1. The Balaban J connectivity index is 2.08. The second-order valence-electron chi connectivity index (χ2n) is 6.14. The van der Waals surface area contributed by atoms with Gasteiger partial charge in [0.1, 0.15) is 5.82 Å². The van der Waals surface area contributed by atoms with Gasteiger partial charge < -0.3 is 10.3 Å². The molecule has 2 heterocycles. The van der Waals surface area contributed by atoms with Crippen molar-refractivity contribution in [1.82, 2.24) is 19.7 Å². The van der Waals surface area contributed by atoms with Crippen LogP contribution in [0.4, 0.5) is 0 Å². The van der Waals surface area contributed by atoms with Crippen LogP contribution in [0.15, 0.2) is 30.6 Å². The average Bonchev–Trinajstić information content (AvgIpc) is 3.13. The van der Waals surface area contributed by atoms with E-state index in [1.807, 2.05) is 12.4 Å². The van der Waals surface area contributed by atoms with Gasteiger partial charge in [0.2, 0.25) is 0 Å². The second-order valence-corrected chi connectivity index (χ2v) is 6.14.